The molecule has 7 heteroatoms. The van der Waals surface area contributed by atoms with Crippen LogP contribution in [0.3, 0.4) is 0 Å². The van der Waals surface area contributed by atoms with Crippen molar-refractivity contribution in [2.24, 2.45) is 9.50 Å². The van der Waals surface area contributed by atoms with Crippen molar-refractivity contribution in [2.75, 3.05) is 6.54 Å². The smallest absolute Gasteiger partial charge is 0.227 e. The lowest BCUT2D eigenvalue weighted by molar-refractivity contribution is 0.357. The summed E-state index contributed by atoms with van der Waals surface area (Å²) in [6, 6.07) is 26.6. The largest absolute Gasteiger partial charge is 0.351 e. The van der Waals surface area contributed by atoms with Gasteiger partial charge in [0.2, 0.25) is 5.96 Å². The van der Waals surface area contributed by atoms with Gasteiger partial charge in [-0.2, -0.15) is 9.50 Å². The molecule has 1 aliphatic heterocycles. The van der Waals surface area contributed by atoms with E-state index in [1.54, 1.807) is 0 Å². The lowest BCUT2D eigenvalue weighted by atomic mass is 9.90. The minimum absolute atomic E-state index is 0.140. The quantitative estimate of drug-likeness (QED) is 0.235. The topological polar surface area (TPSA) is 40.0 Å². The van der Waals surface area contributed by atoms with Gasteiger partial charge >= 0.3 is 0 Å². The molecule has 3 aromatic rings. The average molecular weight is 495 g/mol. The molecule has 1 N–H and O–H groups in total. The van der Waals surface area contributed by atoms with Crippen LogP contribution < -0.4 is 5.32 Å². The van der Waals surface area contributed by atoms with Gasteiger partial charge in [-0.15, -0.1) is 0 Å². The van der Waals surface area contributed by atoms with Crippen LogP contribution >= 0.6 is 35.1 Å². The molecule has 33 heavy (non-hydrogen) atoms. The van der Waals surface area contributed by atoms with E-state index in [1.165, 1.54) is 23.9 Å². The molecular weight excluding hydrogens is 471 g/mol. The third-order valence-electron chi connectivity index (χ3n) is 5.99. The van der Waals surface area contributed by atoms with Gasteiger partial charge in [0, 0.05) is 38.8 Å². The fourth-order valence-electron chi connectivity index (χ4n) is 3.94. The van der Waals surface area contributed by atoms with Crippen molar-refractivity contribution in [3.63, 3.8) is 0 Å². The van der Waals surface area contributed by atoms with Crippen molar-refractivity contribution in [3.05, 3.63) is 100 Å². The normalized spacial score (nSPS) is 18.7. The molecule has 2 aliphatic rings. The summed E-state index contributed by atoms with van der Waals surface area (Å²) in [4.78, 5) is 1.04. The van der Waals surface area contributed by atoms with Crippen LogP contribution in [0.2, 0.25) is 10.0 Å². The Morgan fingerprint density at radius 1 is 0.909 bits per heavy atom. The first-order valence-corrected chi connectivity index (χ1v) is 12.6. The molecule has 5 rings (SSSR count). The van der Waals surface area contributed by atoms with E-state index >= 15 is 0 Å². The number of nitrogens with zero attached hydrogens (tertiary/aromatic N) is 3. The predicted octanol–water partition coefficient (Wildman–Crippen LogP) is 7.00. The van der Waals surface area contributed by atoms with Gasteiger partial charge in [0.15, 0.2) is 0 Å². The standard InChI is InChI=1S/C26H24Cl2N4S/c27-20-11-9-19(10-12-20)25-24(18-5-2-1-3-6-18)17-32(30-25)26(29-22-7-4-8-22)31-33-23-15-13-21(28)14-16-23/h1-3,5-6,9-16,22,24H,4,7-8,17H2,(H,29,31). The first-order valence-electron chi connectivity index (χ1n) is 11.1. The Bertz CT molecular complexity index is 1140. The van der Waals surface area contributed by atoms with Gasteiger partial charge in [-0.05, 0) is 66.8 Å². The zero-order valence-electron chi connectivity index (χ0n) is 18.0. The van der Waals surface area contributed by atoms with Crippen LogP contribution in [0.25, 0.3) is 0 Å². The zero-order valence-corrected chi connectivity index (χ0v) is 20.3. The van der Waals surface area contributed by atoms with Crippen LogP contribution in [0.5, 0.6) is 0 Å². The molecule has 0 radical (unpaired) electrons. The molecular formula is C26H24Cl2N4S. The monoisotopic (exact) mass is 494 g/mol. The zero-order chi connectivity index (χ0) is 22.6. The lowest BCUT2D eigenvalue weighted by Gasteiger charge is -2.30. The summed E-state index contributed by atoms with van der Waals surface area (Å²) in [5.41, 5.74) is 3.34. The molecule has 3 aromatic carbocycles. The maximum atomic E-state index is 6.15. The van der Waals surface area contributed by atoms with Crippen molar-refractivity contribution in [3.8, 4) is 0 Å². The second-order valence-electron chi connectivity index (χ2n) is 8.27. The van der Waals surface area contributed by atoms with Crippen LogP contribution in [0.15, 0.2) is 93.3 Å². The fraction of sp³-hybridized carbons (Fsp3) is 0.231. The van der Waals surface area contributed by atoms with E-state index in [0.717, 1.165) is 51.6 Å². The molecule has 0 saturated heterocycles. The molecule has 168 valence electrons. The van der Waals surface area contributed by atoms with Crippen LogP contribution in [-0.2, 0) is 0 Å². The second-order valence-corrected chi connectivity index (χ2v) is 9.98. The maximum Gasteiger partial charge on any atom is 0.227 e. The first kappa shape index (κ1) is 22.3. The number of rotatable bonds is 5. The molecule has 1 heterocycles. The number of hydrogen-bond donors (Lipinski definition) is 1. The number of hydrazone groups is 1. The molecule has 0 bridgehead atoms. The fourth-order valence-corrected chi connectivity index (χ4v) is 4.79. The molecule has 0 aromatic heterocycles. The van der Waals surface area contributed by atoms with E-state index in [0.29, 0.717) is 6.04 Å². The van der Waals surface area contributed by atoms with E-state index in [4.69, 9.17) is 32.7 Å². The molecule has 0 amide bonds. The van der Waals surface area contributed by atoms with Gasteiger partial charge in [0.25, 0.3) is 0 Å². The van der Waals surface area contributed by atoms with Crippen LogP contribution in [0.4, 0.5) is 0 Å². The van der Waals surface area contributed by atoms with Gasteiger partial charge < -0.3 is 5.32 Å². The Morgan fingerprint density at radius 2 is 1.58 bits per heavy atom. The predicted molar refractivity (Wildman–Crippen MR) is 139 cm³/mol. The van der Waals surface area contributed by atoms with E-state index in [1.807, 2.05) is 59.6 Å². The van der Waals surface area contributed by atoms with Crippen molar-refractivity contribution < 1.29 is 0 Å². The Morgan fingerprint density at radius 3 is 2.21 bits per heavy atom. The van der Waals surface area contributed by atoms with Crippen LogP contribution in [-0.4, -0.2) is 29.3 Å². The maximum absolute atomic E-state index is 6.15. The van der Waals surface area contributed by atoms with Crippen molar-refractivity contribution >= 4 is 46.8 Å². The van der Waals surface area contributed by atoms with Gasteiger partial charge in [-0.25, -0.2) is 5.01 Å². The highest BCUT2D eigenvalue weighted by Gasteiger charge is 2.33. The number of nitrogens with one attached hydrogen (secondary N) is 1. The lowest BCUT2D eigenvalue weighted by Crippen LogP contribution is -2.46. The summed E-state index contributed by atoms with van der Waals surface area (Å²) in [7, 11) is 0. The first-order chi connectivity index (χ1) is 16.2. The van der Waals surface area contributed by atoms with Gasteiger partial charge in [-0.1, -0.05) is 65.7 Å². The minimum atomic E-state index is 0.140. The molecule has 1 unspecified atom stereocenters. The van der Waals surface area contributed by atoms with E-state index in [-0.39, 0.29) is 5.92 Å². The highest BCUT2D eigenvalue weighted by molar-refractivity contribution is 7.98. The van der Waals surface area contributed by atoms with E-state index in [2.05, 4.69) is 29.6 Å². The Hall–Kier alpha value is -2.47. The summed E-state index contributed by atoms with van der Waals surface area (Å²) in [5, 5.41) is 12.2. The molecule has 1 fully saturated rings. The van der Waals surface area contributed by atoms with Crippen molar-refractivity contribution in [1.82, 2.24) is 10.3 Å². The number of benzene rings is 3. The number of hydrogen-bond acceptors (Lipinski definition) is 3. The van der Waals surface area contributed by atoms with Gasteiger partial charge in [0.1, 0.15) is 0 Å². The van der Waals surface area contributed by atoms with Crippen LogP contribution in [0.1, 0.15) is 36.3 Å². The average Bonchev–Trinajstić information content (AvgIpc) is 3.25. The Kier molecular flexibility index (Phi) is 6.91. The SMILES string of the molecule is Clc1ccc(S/N=C(\NC2CCC2)N2CC(c3ccccc3)C(c3ccc(Cl)cc3)=N2)cc1. The highest BCUT2D eigenvalue weighted by atomic mass is 35.5. The van der Waals surface area contributed by atoms with Crippen molar-refractivity contribution in [1.29, 1.82) is 0 Å². The second kappa shape index (κ2) is 10.2. The Labute approximate surface area is 208 Å². The van der Waals surface area contributed by atoms with Crippen LogP contribution in [0, 0.1) is 0 Å². The number of halogens is 2. The van der Waals surface area contributed by atoms with Gasteiger partial charge in [0.05, 0.1) is 12.3 Å². The summed E-state index contributed by atoms with van der Waals surface area (Å²) < 4.78 is 4.87. The van der Waals surface area contributed by atoms with Crippen molar-refractivity contribution in [2.45, 2.75) is 36.1 Å². The summed E-state index contributed by atoms with van der Waals surface area (Å²) in [6.45, 7) is 0.724. The number of guanidine groups is 1. The molecule has 0 spiro atoms. The van der Waals surface area contributed by atoms with E-state index in [9.17, 15) is 0 Å². The molecule has 1 aliphatic carbocycles. The highest BCUT2D eigenvalue weighted by Crippen LogP contribution is 2.31. The summed E-state index contributed by atoms with van der Waals surface area (Å²) >= 11 is 13.6. The third kappa shape index (κ3) is 5.37. The van der Waals surface area contributed by atoms with E-state index < -0.39 is 0 Å². The minimum Gasteiger partial charge on any atom is -0.351 e. The molecule has 1 atom stereocenters. The summed E-state index contributed by atoms with van der Waals surface area (Å²) in [5.74, 6) is 0.936. The third-order valence-corrected chi connectivity index (χ3v) is 7.24. The molecule has 1 saturated carbocycles. The van der Waals surface area contributed by atoms with Gasteiger partial charge in [-0.3, -0.25) is 0 Å². The Balaban J connectivity index is 1.47. The molecule has 4 nitrogen and oxygen atoms in total. The summed E-state index contributed by atoms with van der Waals surface area (Å²) in [6.07, 6.45) is 3.57.